The number of hydrogen-bond donors (Lipinski definition) is 2. The van der Waals surface area contributed by atoms with Gasteiger partial charge in [-0.15, -0.1) is 10.2 Å². The van der Waals surface area contributed by atoms with E-state index in [1.165, 1.54) is 37.3 Å². The quantitative estimate of drug-likeness (QED) is 0.711. The van der Waals surface area contributed by atoms with Gasteiger partial charge >= 0.3 is 0 Å². The van der Waals surface area contributed by atoms with E-state index in [0.717, 1.165) is 12.1 Å². The lowest BCUT2D eigenvalue weighted by atomic mass is 10.2. The van der Waals surface area contributed by atoms with Gasteiger partial charge in [-0.05, 0) is 61.0 Å². The van der Waals surface area contributed by atoms with Crippen LogP contribution in [0.5, 0.6) is 0 Å². The van der Waals surface area contributed by atoms with Crippen molar-refractivity contribution in [3.63, 3.8) is 0 Å². The smallest absolute Gasteiger partial charge is 0.263 e. The number of halogens is 2. The van der Waals surface area contributed by atoms with Crippen LogP contribution < -0.4 is 10.0 Å². The first-order valence-corrected chi connectivity index (χ1v) is 8.97. The normalized spacial score (nSPS) is 11.2. The number of rotatable bonds is 5. The fourth-order valence-electron chi connectivity index (χ4n) is 2.27. The highest BCUT2D eigenvalue weighted by Crippen LogP contribution is 2.20. The molecule has 0 atom stereocenters. The second-order valence-electron chi connectivity index (χ2n) is 5.45. The number of aromatic nitrogens is 2. The average molecular weight is 376 g/mol. The highest BCUT2D eigenvalue weighted by molar-refractivity contribution is 7.92. The minimum Gasteiger partial charge on any atom is -0.339 e. The number of sulfonamides is 1. The molecule has 2 N–H and O–H groups in total. The summed E-state index contributed by atoms with van der Waals surface area (Å²) in [7, 11) is -3.93. The van der Waals surface area contributed by atoms with Crippen molar-refractivity contribution >= 4 is 27.3 Å². The zero-order chi connectivity index (χ0) is 18.7. The van der Waals surface area contributed by atoms with E-state index in [4.69, 9.17) is 0 Å². The molecular weight excluding hydrogens is 362 g/mol. The van der Waals surface area contributed by atoms with Crippen LogP contribution in [-0.4, -0.2) is 18.6 Å². The summed E-state index contributed by atoms with van der Waals surface area (Å²) in [5.41, 5.74) is 0.754. The Labute approximate surface area is 149 Å². The van der Waals surface area contributed by atoms with Gasteiger partial charge < -0.3 is 5.32 Å². The fourth-order valence-corrected chi connectivity index (χ4v) is 3.50. The maximum atomic E-state index is 13.2. The van der Waals surface area contributed by atoms with Gasteiger partial charge in [-0.2, -0.15) is 0 Å². The predicted octanol–water partition coefficient (Wildman–Crippen LogP) is 3.61. The lowest BCUT2D eigenvalue weighted by Crippen LogP contribution is -2.15. The lowest BCUT2D eigenvalue weighted by molar-refractivity contribution is 0.598. The second kappa shape index (κ2) is 7.04. The molecule has 3 aromatic rings. The third-order valence-electron chi connectivity index (χ3n) is 3.43. The summed E-state index contributed by atoms with van der Waals surface area (Å²) in [6, 6.07) is 12.1. The van der Waals surface area contributed by atoms with Crippen LogP contribution >= 0.6 is 0 Å². The number of nitrogens with zero attached hydrogens (tertiary/aromatic N) is 2. The van der Waals surface area contributed by atoms with Gasteiger partial charge in [-0.3, -0.25) is 4.72 Å². The summed E-state index contributed by atoms with van der Waals surface area (Å²) in [4.78, 5) is -0.0531. The molecule has 6 nitrogen and oxygen atoms in total. The Morgan fingerprint density at radius 2 is 1.58 bits per heavy atom. The van der Waals surface area contributed by atoms with E-state index >= 15 is 0 Å². The van der Waals surface area contributed by atoms with Crippen molar-refractivity contribution in [1.82, 2.24) is 10.2 Å². The average Bonchev–Trinajstić information content (AvgIpc) is 2.56. The number of hydrogen-bond acceptors (Lipinski definition) is 5. The Bertz CT molecular complexity index is 1040. The SMILES string of the molecule is Cc1cc(F)ccc1S(=O)(=O)Nc1ccc(Nc2cccc(F)c2)nn1. The summed E-state index contributed by atoms with van der Waals surface area (Å²) >= 11 is 0. The summed E-state index contributed by atoms with van der Waals surface area (Å²) < 4.78 is 53.4. The molecule has 26 heavy (non-hydrogen) atoms. The molecule has 0 aliphatic rings. The summed E-state index contributed by atoms with van der Waals surface area (Å²) in [5, 5.41) is 10.5. The maximum Gasteiger partial charge on any atom is 0.263 e. The van der Waals surface area contributed by atoms with Gasteiger partial charge in [0.15, 0.2) is 11.6 Å². The van der Waals surface area contributed by atoms with Crippen LogP contribution in [0.4, 0.5) is 26.1 Å². The van der Waals surface area contributed by atoms with Gasteiger partial charge in [-0.25, -0.2) is 17.2 Å². The van der Waals surface area contributed by atoms with E-state index in [1.807, 2.05) is 0 Å². The minimum atomic E-state index is -3.93. The topological polar surface area (TPSA) is 84.0 Å². The van der Waals surface area contributed by atoms with Crippen molar-refractivity contribution in [2.24, 2.45) is 0 Å². The van der Waals surface area contributed by atoms with E-state index in [2.05, 4.69) is 20.2 Å². The zero-order valence-corrected chi connectivity index (χ0v) is 14.4. The molecule has 9 heteroatoms. The Morgan fingerprint density at radius 1 is 0.885 bits per heavy atom. The second-order valence-corrected chi connectivity index (χ2v) is 7.11. The lowest BCUT2D eigenvalue weighted by Gasteiger charge is -2.10. The molecule has 134 valence electrons. The third-order valence-corrected chi connectivity index (χ3v) is 4.94. The maximum absolute atomic E-state index is 13.2. The van der Waals surface area contributed by atoms with Crippen LogP contribution in [0.15, 0.2) is 59.5 Å². The molecule has 0 saturated carbocycles. The van der Waals surface area contributed by atoms with Crippen molar-refractivity contribution in [2.45, 2.75) is 11.8 Å². The highest BCUT2D eigenvalue weighted by atomic mass is 32.2. The third kappa shape index (κ3) is 4.12. The molecule has 1 heterocycles. The molecule has 0 fully saturated rings. The molecular formula is C17H14F2N4O2S. The van der Waals surface area contributed by atoms with Crippen LogP contribution in [0.25, 0.3) is 0 Å². The molecule has 3 rings (SSSR count). The van der Waals surface area contributed by atoms with E-state index in [0.29, 0.717) is 11.5 Å². The minimum absolute atomic E-state index is 0.00137. The molecule has 0 amide bonds. The van der Waals surface area contributed by atoms with E-state index < -0.39 is 21.7 Å². The van der Waals surface area contributed by atoms with Gasteiger partial charge in [0.25, 0.3) is 10.0 Å². The molecule has 0 bridgehead atoms. The molecule has 2 aromatic carbocycles. The molecule has 0 unspecified atom stereocenters. The van der Waals surface area contributed by atoms with Gasteiger partial charge in [0, 0.05) is 5.69 Å². The van der Waals surface area contributed by atoms with Crippen LogP contribution in [0.1, 0.15) is 5.56 Å². The first kappa shape index (κ1) is 17.7. The molecule has 0 radical (unpaired) electrons. The zero-order valence-electron chi connectivity index (χ0n) is 13.6. The molecule has 1 aromatic heterocycles. The summed E-state index contributed by atoms with van der Waals surface area (Å²) in [6.07, 6.45) is 0. The Morgan fingerprint density at radius 3 is 2.23 bits per heavy atom. The molecule has 0 spiro atoms. The van der Waals surface area contributed by atoms with Crippen LogP contribution in [-0.2, 0) is 10.0 Å². The number of benzene rings is 2. The highest BCUT2D eigenvalue weighted by Gasteiger charge is 2.18. The largest absolute Gasteiger partial charge is 0.339 e. The Balaban J connectivity index is 1.76. The van der Waals surface area contributed by atoms with Gasteiger partial charge in [-0.1, -0.05) is 6.07 Å². The van der Waals surface area contributed by atoms with E-state index in [1.54, 1.807) is 12.1 Å². The molecule has 0 aliphatic carbocycles. The van der Waals surface area contributed by atoms with Crippen LogP contribution in [0.2, 0.25) is 0 Å². The van der Waals surface area contributed by atoms with Gasteiger partial charge in [0.1, 0.15) is 11.6 Å². The first-order chi connectivity index (χ1) is 12.3. The summed E-state index contributed by atoms with van der Waals surface area (Å²) in [6.45, 7) is 1.50. The van der Waals surface area contributed by atoms with Crippen LogP contribution in [0, 0.1) is 18.6 Å². The number of anilines is 3. The number of aryl methyl sites for hydroxylation is 1. The predicted molar refractivity (Wildman–Crippen MR) is 93.7 cm³/mol. The van der Waals surface area contributed by atoms with Gasteiger partial charge in [0.05, 0.1) is 4.90 Å². The van der Waals surface area contributed by atoms with Gasteiger partial charge in [0.2, 0.25) is 0 Å². The van der Waals surface area contributed by atoms with Crippen molar-refractivity contribution in [1.29, 1.82) is 0 Å². The van der Waals surface area contributed by atoms with Crippen molar-refractivity contribution < 1.29 is 17.2 Å². The van der Waals surface area contributed by atoms with Crippen molar-refractivity contribution in [3.8, 4) is 0 Å². The standard InChI is InChI=1S/C17H14F2N4O2S/c1-11-9-13(19)5-6-15(11)26(24,25)23-17-8-7-16(21-22-17)20-14-4-2-3-12(18)10-14/h2-10H,1H3,(H,20,21)(H,22,23). The molecule has 0 saturated heterocycles. The van der Waals surface area contributed by atoms with E-state index in [-0.39, 0.29) is 16.3 Å². The van der Waals surface area contributed by atoms with Crippen LogP contribution in [0.3, 0.4) is 0 Å². The Kier molecular flexibility index (Phi) is 4.81. The van der Waals surface area contributed by atoms with Crippen molar-refractivity contribution in [2.75, 3.05) is 10.0 Å². The fraction of sp³-hybridized carbons (Fsp3) is 0.0588. The van der Waals surface area contributed by atoms with Crippen molar-refractivity contribution in [3.05, 3.63) is 71.8 Å². The first-order valence-electron chi connectivity index (χ1n) is 7.49. The van der Waals surface area contributed by atoms with E-state index in [9.17, 15) is 17.2 Å². The Hall–Kier alpha value is -3.07. The molecule has 0 aliphatic heterocycles. The summed E-state index contributed by atoms with van der Waals surface area (Å²) in [5.74, 6) is -0.606. The monoisotopic (exact) mass is 376 g/mol. The number of nitrogens with one attached hydrogen (secondary N) is 2.